The normalized spacial score (nSPS) is 12.3. The van der Waals surface area contributed by atoms with Gasteiger partial charge in [0.2, 0.25) is 0 Å². The molecular weight excluding hydrogens is 246 g/mol. The molecule has 100 valence electrons. The molecule has 1 unspecified atom stereocenters. The van der Waals surface area contributed by atoms with Crippen molar-refractivity contribution < 1.29 is 23.4 Å². The van der Waals surface area contributed by atoms with Gasteiger partial charge in [0, 0.05) is 23.9 Å². The predicted octanol–water partition coefficient (Wildman–Crippen LogP) is 0.633. The van der Waals surface area contributed by atoms with Crippen LogP contribution in [0.25, 0.3) is 0 Å². The maximum atomic E-state index is 12.0. The van der Waals surface area contributed by atoms with Crippen molar-refractivity contribution in [3.05, 3.63) is 23.8 Å². The van der Waals surface area contributed by atoms with E-state index in [2.05, 4.69) is 5.32 Å². The second-order valence-corrected chi connectivity index (χ2v) is 3.61. The number of aliphatic hydroxyl groups excluding tert-OH is 1. The molecule has 0 heterocycles. The zero-order chi connectivity index (χ0) is 13.7. The van der Waals surface area contributed by atoms with E-state index in [0.717, 1.165) is 0 Å². The summed E-state index contributed by atoms with van der Waals surface area (Å²) in [7, 11) is 1.41. The molecule has 0 aliphatic carbocycles. The Hall–Kier alpha value is -1.89. The van der Waals surface area contributed by atoms with Crippen LogP contribution in [-0.2, 0) is 0 Å². The Morgan fingerprint density at radius 2 is 2.17 bits per heavy atom. The fourth-order valence-electron chi connectivity index (χ4n) is 1.26. The van der Waals surface area contributed by atoms with E-state index in [-0.39, 0.29) is 5.56 Å². The molecule has 0 bridgehead atoms. The first kappa shape index (κ1) is 14.2. The lowest BCUT2D eigenvalue weighted by Gasteiger charge is -2.11. The molecule has 18 heavy (non-hydrogen) atoms. The van der Waals surface area contributed by atoms with E-state index >= 15 is 0 Å². The van der Waals surface area contributed by atoms with E-state index < -0.39 is 25.0 Å². The van der Waals surface area contributed by atoms with E-state index in [0.29, 0.717) is 11.4 Å². The van der Waals surface area contributed by atoms with Gasteiger partial charge in [-0.15, -0.1) is 0 Å². The molecule has 0 aliphatic rings. The summed E-state index contributed by atoms with van der Waals surface area (Å²) < 4.78 is 29.0. The Balaban J connectivity index is 2.69. The van der Waals surface area contributed by atoms with Gasteiger partial charge in [-0.3, -0.25) is 4.79 Å². The summed E-state index contributed by atoms with van der Waals surface area (Å²) in [6.07, 6.45) is -4.79. The van der Waals surface area contributed by atoms with E-state index in [1.807, 2.05) is 0 Å². The first-order chi connectivity index (χ1) is 8.43. The average Bonchev–Trinajstić information content (AvgIpc) is 2.34. The minimum Gasteiger partial charge on any atom is -0.497 e. The summed E-state index contributed by atoms with van der Waals surface area (Å²) in [6.45, 7) is -0.534. The summed E-state index contributed by atoms with van der Waals surface area (Å²) in [4.78, 5) is 11.6. The van der Waals surface area contributed by atoms with Crippen molar-refractivity contribution in [2.75, 3.05) is 19.4 Å². The summed E-state index contributed by atoms with van der Waals surface area (Å²) in [5.41, 5.74) is 6.04. The number of rotatable bonds is 5. The molecular formula is C11H14F2N2O3. The third-order valence-electron chi connectivity index (χ3n) is 2.19. The number of hydrogen-bond acceptors (Lipinski definition) is 4. The minimum absolute atomic E-state index is 0.174. The molecule has 1 aromatic carbocycles. The Bertz CT molecular complexity index is 427. The number of nitrogens with one attached hydrogen (secondary N) is 1. The Labute approximate surface area is 103 Å². The first-order valence-electron chi connectivity index (χ1n) is 5.13. The first-order valence-corrected chi connectivity index (χ1v) is 5.13. The Kier molecular flexibility index (Phi) is 4.85. The zero-order valence-corrected chi connectivity index (χ0v) is 9.69. The highest BCUT2D eigenvalue weighted by Crippen LogP contribution is 2.18. The molecule has 4 N–H and O–H groups in total. The predicted molar refractivity (Wildman–Crippen MR) is 61.8 cm³/mol. The van der Waals surface area contributed by atoms with Crippen molar-refractivity contribution in [1.29, 1.82) is 0 Å². The smallest absolute Gasteiger partial charge is 0.265 e. The number of anilines is 1. The summed E-state index contributed by atoms with van der Waals surface area (Å²) in [5, 5.41) is 11.0. The van der Waals surface area contributed by atoms with Gasteiger partial charge in [0.15, 0.2) is 0 Å². The lowest BCUT2D eigenvalue weighted by atomic mass is 10.1. The second kappa shape index (κ2) is 6.15. The molecule has 1 aromatic rings. The minimum atomic E-state index is -2.90. The number of aliphatic hydroxyl groups is 1. The number of alkyl halides is 2. The van der Waals surface area contributed by atoms with E-state index in [4.69, 9.17) is 15.6 Å². The maximum Gasteiger partial charge on any atom is 0.265 e. The summed E-state index contributed by atoms with van der Waals surface area (Å²) in [5.74, 6) is -0.227. The van der Waals surface area contributed by atoms with Crippen LogP contribution in [0.3, 0.4) is 0 Å². The quantitative estimate of drug-likeness (QED) is 0.678. The molecule has 1 atom stereocenters. The number of amides is 1. The molecule has 0 fully saturated rings. The monoisotopic (exact) mass is 260 g/mol. The molecule has 0 saturated carbocycles. The van der Waals surface area contributed by atoms with Crippen LogP contribution in [0.5, 0.6) is 5.75 Å². The highest BCUT2D eigenvalue weighted by Gasteiger charge is 2.18. The number of carbonyl (C=O) groups excluding carboxylic acids is 1. The highest BCUT2D eigenvalue weighted by atomic mass is 19.3. The van der Waals surface area contributed by atoms with Crippen LogP contribution in [0.1, 0.15) is 10.4 Å². The molecule has 0 spiro atoms. The highest BCUT2D eigenvalue weighted by molar-refractivity contribution is 5.95. The fourth-order valence-corrected chi connectivity index (χ4v) is 1.26. The largest absolute Gasteiger partial charge is 0.497 e. The number of hydrogen-bond donors (Lipinski definition) is 3. The van der Waals surface area contributed by atoms with Gasteiger partial charge in [-0.05, 0) is 12.1 Å². The van der Waals surface area contributed by atoms with Crippen molar-refractivity contribution in [2.45, 2.75) is 12.5 Å². The number of nitrogen functional groups attached to an aromatic ring is 1. The van der Waals surface area contributed by atoms with Crippen LogP contribution in [0, 0.1) is 0 Å². The Morgan fingerprint density at radius 1 is 1.50 bits per heavy atom. The zero-order valence-electron chi connectivity index (χ0n) is 9.69. The van der Waals surface area contributed by atoms with Gasteiger partial charge in [-0.1, -0.05) is 0 Å². The van der Waals surface area contributed by atoms with Crippen LogP contribution in [0.15, 0.2) is 18.2 Å². The standard InChI is InChI=1S/C11H14F2N2O3/c1-18-8-3-6(2-7(14)4-8)11(17)15-5-9(16)10(12)13/h2-4,9-10,16H,5,14H2,1H3,(H,15,17). The van der Waals surface area contributed by atoms with Crippen molar-refractivity contribution >= 4 is 11.6 Å². The van der Waals surface area contributed by atoms with E-state index in [1.165, 1.54) is 25.3 Å². The van der Waals surface area contributed by atoms with Crippen LogP contribution in [0.4, 0.5) is 14.5 Å². The van der Waals surface area contributed by atoms with Crippen molar-refractivity contribution in [3.8, 4) is 5.75 Å². The molecule has 5 nitrogen and oxygen atoms in total. The molecule has 0 saturated heterocycles. The number of ether oxygens (including phenoxy) is 1. The van der Waals surface area contributed by atoms with Gasteiger partial charge >= 0.3 is 0 Å². The lowest BCUT2D eigenvalue weighted by molar-refractivity contribution is -0.00270. The van der Waals surface area contributed by atoms with Crippen LogP contribution >= 0.6 is 0 Å². The molecule has 0 aromatic heterocycles. The average molecular weight is 260 g/mol. The third-order valence-corrected chi connectivity index (χ3v) is 2.19. The van der Waals surface area contributed by atoms with Crippen molar-refractivity contribution in [3.63, 3.8) is 0 Å². The number of halogens is 2. The number of nitrogens with two attached hydrogens (primary N) is 1. The summed E-state index contributed by atoms with van der Waals surface area (Å²) in [6, 6.07) is 4.32. The van der Waals surface area contributed by atoms with Gasteiger partial charge in [0.05, 0.1) is 7.11 Å². The van der Waals surface area contributed by atoms with Gasteiger partial charge < -0.3 is 20.9 Å². The topological polar surface area (TPSA) is 84.6 Å². The van der Waals surface area contributed by atoms with E-state index in [1.54, 1.807) is 0 Å². The molecule has 0 radical (unpaired) electrons. The number of benzene rings is 1. The van der Waals surface area contributed by atoms with Gasteiger partial charge in [0.25, 0.3) is 12.3 Å². The van der Waals surface area contributed by atoms with Crippen molar-refractivity contribution in [2.24, 2.45) is 0 Å². The molecule has 7 heteroatoms. The second-order valence-electron chi connectivity index (χ2n) is 3.61. The Morgan fingerprint density at radius 3 is 2.72 bits per heavy atom. The van der Waals surface area contributed by atoms with Crippen LogP contribution < -0.4 is 15.8 Å². The number of carbonyl (C=O) groups is 1. The van der Waals surface area contributed by atoms with Crippen LogP contribution in [0.2, 0.25) is 0 Å². The van der Waals surface area contributed by atoms with Crippen LogP contribution in [-0.4, -0.2) is 37.2 Å². The SMILES string of the molecule is COc1cc(N)cc(C(=O)NCC(O)C(F)F)c1. The summed E-state index contributed by atoms with van der Waals surface area (Å²) >= 11 is 0. The third kappa shape index (κ3) is 3.85. The fraction of sp³-hybridized carbons (Fsp3) is 0.364. The van der Waals surface area contributed by atoms with E-state index in [9.17, 15) is 13.6 Å². The van der Waals surface area contributed by atoms with Gasteiger partial charge in [0.1, 0.15) is 11.9 Å². The van der Waals surface area contributed by atoms with Gasteiger partial charge in [-0.25, -0.2) is 8.78 Å². The molecule has 1 rings (SSSR count). The van der Waals surface area contributed by atoms with Gasteiger partial charge in [-0.2, -0.15) is 0 Å². The number of methoxy groups -OCH3 is 1. The lowest BCUT2D eigenvalue weighted by Crippen LogP contribution is -2.35. The van der Waals surface area contributed by atoms with Crippen molar-refractivity contribution in [1.82, 2.24) is 5.32 Å². The molecule has 1 amide bonds. The molecule has 0 aliphatic heterocycles. The maximum absolute atomic E-state index is 12.0.